The lowest BCUT2D eigenvalue weighted by atomic mass is 10.1. The van der Waals surface area contributed by atoms with Gasteiger partial charge in [0.2, 0.25) is 5.91 Å². The summed E-state index contributed by atoms with van der Waals surface area (Å²) in [5, 5.41) is 0.115. The summed E-state index contributed by atoms with van der Waals surface area (Å²) in [6.45, 7) is 2.27. The zero-order valence-corrected chi connectivity index (χ0v) is 12.5. The minimum atomic E-state index is 0.115. The maximum Gasteiger partial charge on any atom is 0.227 e. The molecule has 1 saturated heterocycles. The van der Waals surface area contributed by atoms with Gasteiger partial charge in [-0.3, -0.25) is 9.59 Å². The number of amides is 1. The van der Waals surface area contributed by atoms with Crippen molar-refractivity contribution in [2.75, 3.05) is 17.2 Å². The molecule has 18 heavy (non-hydrogen) atoms. The molecule has 0 radical (unpaired) electrons. The maximum atomic E-state index is 11.9. The maximum absolute atomic E-state index is 11.9. The van der Waals surface area contributed by atoms with Gasteiger partial charge in [0.05, 0.1) is 0 Å². The first-order valence-corrected chi connectivity index (χ1v) is 7.53. The number of hydrogen-bond acceptors (Lipinski definition) is 3. The Balaban J connectivity index is 2.00. The average Bonchev–Trinajstić information content (AvgIpc) is 2.69. The molecule has 1 aliphatic heterocycles. The summed E-state index contributed by atoms with van der Waals surface area (Å²) in [7, 11) is 0. The Morgan fingerprint density at radius 3 is 2.72 bits per heavy atom. The van der Waals surface area contributed by atoms with Crippen LogP contribution in [-0.4, -0.2) is 23.3 Å². The number of rotatable bonds is 3. The predicted molar refractivity (Wildman–Crippen MR) is 77.7 cm³/mol. The van der Waals surface area contributed by atoms with Crippen molar-refractivity contribution in [3.8, 4) is 0 Å². The first kappa shape index (κ1) is 13.6. The third-order valence-corrected chi connectivity index (χ3v) is 4.44. The SMILES string of the molecule is CC(=O)SCC1CC(=O)N(c2ccc(Br)cc2)C1. The van der Waals surface area contributed by atoms with Crippen LogP contribution in [0.5, 0.6) is 0 Å². The van der Waals surface area contributed by atoms with Gasteiger partial charge >= 0.3 is 0 Å². The molecule has 1 heterocycles. The molecule has 96 valence electrons. The molecule has 1 atom stereocenters. The Bertz CT molecular complexity index is 461. The van der Waals surface area contributed by atoms with Gasteiger partial charge < -0.3 is 4.90 Å². The Morgan fingerprint density at radius 2 is 2.11 bits per heavy atom. The number of carbonyl (C=O) groups is 2. The van der Waals surface area contributed by atoms with Gasteiger partial charge in [0.25, 0.3) is 0 Å². The van der Waals surface area contributed by atoms with E-state index < -0.39 is 0 Å². The lowest BCUT2D eigenvalue weighted by molar-refractivity contribution is -0.117. The smallest absolute Gasteiger partial charge is 0.227 e. The fraction of sp³-hybridized carbons (Fsp3) is 0.385. The van der Waals surface area contributed by atoms with Crippen molar-refractivity contribution in [2.24, 2.45) is 5.92 Å². The van der Waals surface area contributed by atoms with Gasteiger partial charge in [-0.1, -0.05) is 27.7 Å². The molecule has 1 aliphatic rings. The molecule has 1 amide bonds. The predicted octanol–water partition coefficient (Wildman–Crippen LogP) is 3.08. The van der Waals surface area contributed by atoms with Crippen molar-refractivity contribution in [1.82, 2.24) is 0 Å². The fourth-order valence-electron chi connectivity index (χ4n) is 2.00. The minimum absolute atomic E-state index is 0.115. The molecular formula is C13H14BrNO2S. The number of halogens is 1. The summed E-state index contributed by atoms with van der Waals surface area (Å²) in [6.07, 6.45) is 0.538. The lowest BCUT2D eigenvalue weighted by Crippen LogP contribution is -2.24. The minimum Gasteiger partial charge on any atom is -0.312 e. The van der Waals surface area contributed by atoms with Gasteiger partial charge in [-0.15, -0.1) is 0 Å². The number of thioether (sulfide) groups is 1. The van der Waals surface area contributed by atoms with Crippen LogP contribution in [0, 0.1) is 5.92 Å². The standard InChI is InChI=1S/C13H14BrNO2S/c1-9(16)18-8-10-6-13(17)15(7-10)12-4-2-11(14)3-5-12/h2-5,10H,6-8H2,1H3. The van der Waals surface area contributed by atoms with Crippen LogP contribution >= 0.6 is 27.7 Å². The van der Waals surface area contributed by atoms with E-state index in [1.807, 2.05) is 24.3 Å². The lowest BCUT2D eigenvalue weighted by Gasteiger charge is -2.16. The Hall–Kier alpha value is -0.810. The zero-order chi connectivity index (χ0) is 13.1. The molecular weight excluding hydrogens is 314 g/mol. The van der Waals surface area contributed by atoms with Crippen molar-refractivity contribution >= 4 is 44.4 Å². The topological polar surface area (TPSA) is 37.4 Å². The van der Waals surface area contributed by atoms with E-state index in [0.29, 0.717) is 13.0 Å². The molecule has 1 unspecified atom stereocenters. The van der Waals surface area contributed by atoms with Crippen molar-refractivity contribution in [1.29, 1.82) is 0 Å². The number of hydrogen-bond donors (Lipinski definition) is 0. The number of anilines is 1. The van der Waals surface area contributed by atoms with Crippen molar-refractivity contribution < 1.29 is 9.59 Å². The van der Waals surface area contributed by atoms with Gasteiger partial charge in [0.15, 0.2) is 5.12 Å². The van der Waals surface area contributed by atoms with Gasteiger partial charge in [-0.25, -0.2) is 0 Å². The van der Waals surface area contributed by atoms with Crippen LogP contribution < -0.4 is 4.90 Å². The van der Waals surface area contributed by atoms with Crippen LogP contribution in [0.4, 0.5) is 5.69 Å². The molecule has 0 saturated carbocycles. The van der Waals surface area contributed by atoms with E-state index >= 15 is 0 Å². The van der Waals surface area contributed by atoms with Crippen molar-refractivity contribution in [3.63, 3.8) is 0 Å². The second-order valence-corrected chi connectivity index (χ2v) is 6.47. The van der Waals surface area contributed by atoms with Crippen molar-refractivity contribution in [3.05, 3.63) is 28.7 Å². The summed E-state index contributed by atoms with van der Waals surface area (Å²) in [5.74, 6) is 1.15. The third kappa shape index (κ3) is 3.36. The number of benzene rings is 1. The molecule has 2 rings (SSSR count). The zero-order valence-electron chi connectivity index (χ0n) is 10.1. The van der Waals surface area contributed by atoms with Crippen LogP contribution in [0.1, 0.15) is 13.3 Å². The van der Waals surface area contributed by atoms with Gasteiger partial charge in [0, 0.05) is 35.8 Å². The van der Waals surface area contributed by atoms with Crippen molar-refractivity contribution in [2.45, 2.75) is 13.3 Å². The molecule has 0 N–H and O–H groups in total. The summed E-state index contributed by atoms with van der Waals surface area (Å²) in [6, 6.07) is 7.73. The molecule has 0 aromatic heterocycles. The summed E-state index contributed by atoms with van der Waals surface area (Å²) >= 11 is 4.68. The first-order chi connectivity index (χ1) is 8.56. The molecule has 1 aromatic carbocycles. The largest absolute Gasteiger partial charge is 0.312 e. The monoisotopic (exact) mass is 327 g/mol. The molecule has 0 aliphatic carbocycles. The molecule has 5 heteroatoms. The van der Waals surface area contributed by atoms with E-state index in [9.17, 15) is 9.59 Å². The van der Waals surface area contributed by atoms with Gasteiger partial charge in [-0.05, 0) is 30.2 Å². The molecule has 0 bridgehead atoms. The van der Waals surface area contributed by atoms with Gasteiger partial charge in [-0.2, -0.15) is 0 Å². The van der Waals surface area contributed by atoms with Crippen LogP contribution in [0.25, 0.3) is 0 Å². The summed E-state index contributed by atoms with van der Waals surface area (Å²) < 4.78 is 1.00. The van der Waals surface area contributed by atoms with Crippen LogP contribution in [0.15, 0.2) is 28.7 Å². The average molecular weight is 328 g/mol. The normalized spacial score (nSPS) is 19.3. The van der Waals surface area contributed by atoms with Crippen LogP contribution in [0.2, 0.25) is 0 Å². The second kappa shape index (κ2) is 5.89. The quantitative estimate of drug-likeness (QED) is 0.856. The second-order valence-electron chi connectivity index (χ2n) is 4.35. The van der Waals surface area contributed by atoms with Crippen LogP contribution in [0.3, 0.4) is 0 Å². The Kier molecular flexibility index (Phi) is 4.45. The summed E-state index contributed by atoms with van der Waals surface area (Å²) in [4.78, 5) is 24.7. The number of nitrogens with zero attached hydrogens (tertiary/aromatic N) is 1. The molecule has 1 fully saturated rings. The van der Waals surface area contributed by atoms with E-state index in [4.69, 9.17) is 0 Å². The van der Waals surface area contributed by atoms with E-state index in [-0.39, 0.29) is 16.9 Å². The van der Waals surface area contributed by atoms with E-state index in [1.54, 1.807) is 11.8 Å². The molecule has 0 spiro atoms. The van der Waals surface area contributed by atoms with E-state index in [0.717, 1.165) is 15.9 Å². The Morgan fingerprint density at radius 1 is 1.44 bits per heavy atom. The first-order valence-electron chi connectivity index (χ1n) is 5.75. The van der Waals surface area contributed by atoms with Gasteiger partial charge in [0.1, 0.15) is 0 Å². The highest BCUT2D eigenvalue weighted by Crippen LogP contribution is 2.28. The van der Waals surface area contributed by atoms with E-state index in [1.165, 1.54) is 11.8 Å². The third-order valence-electron chi connectivity index (χ3n) is 2.87. The highest BCUT2D eigenvalue weighted by Gasteiger charge is 2.30. The highest BCUT2D eigenvalue weighted by atomic mass is 79.9. The highest BCUT2D eigenvalue weighted by molar-refractivity contribution is 9.10. The number of carbonyl (C=O) groups excluding carboxylic acids is 2. The Labute approximate surface area is 119 Å². The molecule has 1 aromatic rings. The van der Waals surface area contributed by atoms with E-state index in [2.05, 4.69) is 15.9 Å². The fourth-order valence-corrected chi connectivity index (χ4v) is 2.96. The van der Waals surface area contributed by atoms with Crippen LogP contribution in [-0.2, 0) is 9.59 Å². The summed E-state index contributed by atoms with van der Waals surface area (Å²) in [5.41, 5.74) is 0.929. The molecule has 3 nitrogen and oxygen atoms in total.